The highest BCUT2D eigenvalue weighted by Crippen LogP contribution is 2.42. The Balaban J connectivity index is 1.36. The number of methoxy groups -OCH3 is 1. The minimum atomic E-state index is -0.715. The predicted molar refractivity (Wildman–Crippen MR) is 125 cm³/mol. The zero-order chi connectivity index (χ0) is 22.6. The molecule has 1 saturated carbocycles. The fourth-order valence-electron chi connectivity index (χ4n) is 4.01. The van der Waals surface area contributed by atoms with Crippen molar-refractivity contribution >= 4 is 39.9 Å². The highest BCUT2D eigenvalue weighted by molar-refractivity contribution is 7.14. The maximum absolute atomic E-state index is 13.0. The molecule has 1 fully saturated rings. The predicted octanol–water partition coefficient (Wildman–Crippen LogP) is 5.47. The topological polar surface area (TPSA) is 77.5 Å². The van der Waals surface area contributed by atoms with E-state index >= 15 is 0 Å². The zero-order valence-electron chi connectivity index (χ0n) is 17.6. The van der Waals surface area contributed by atoms with Gasteiger partial charge in [-0.05, 0) is 54.8 Å². The van der Waals surface area contributed by atoms with Crippen LogP contribution >= 0.6 is 22.9 Å². The summed E-state index contributed by atoms with van der Waals surface area (Å²) in [6, 6.07) is 14.8. The first-order chi connectivity index (χ1) is 15.5. The summed E-state index contributed by atoms with van der Waals surface area (Å²) in [7, 11) is 1.61. The number of esters is 1. The number of nitrogens with zero attached hydrogens (tertiary/aromatic N) is 1. The summed E-state index contributed by atoms with van der Waals surface area (Å²) in [4.78, 5) is 29.8. The summed E-state index contributed by atoms with van der Waals surface area (Å²) in [5, 5.41) is 5.63. The van der Waals surface area contributed by atoms with Gasteiger partial charge in [-0.25, -0.2) is 4.98 Å². The molecular formula is C24H23ClN2O4S. The van der Waals surface area contributed by atoms with Crippen molar-refractivity contribution in [2.75, 3.05) is 19.0 Å². The standard InChI is InChI=1S/C24H23ClN2O4S/c1-30-19-10-4-16(5-11-19)20-15-32-23(26-20)27-21(28)14-31-22(29)24(12-2-3-13-24)17-6-8-18(25)9-7-17/h4-11,15H,2-3,12-14H2,1H3,(H,26,27,28). The molecule has 1 N–H and O–H groups in total. The van der Waals surface area contributed by atoms with Gasteiger partial charge in [-0.15, -0.1) is 11.3 Å². The Hall–Kier alpha value is -2.90. The monoisotopic (exact) mass is 470 g/mol. The third kappa shape index (κ3) is 4.79. The van der Waals surface area contributed by atoms with Crippen LogP contribution in [0.5, 0.6) is 5.75 Å². The van der Waals surface area contributed by atoms with Crippen LogP contribution in [0.15, 0.2) is 53.9 Å². The number of rotatable bonds is 7. The van der Waals surface area contributed by atoms with Crippen LogP contribution < -0.4 is 10.1 Å². The van der Waals surface area contributed by atoms with Gasteiger partial charge >= 0.3 is 5.97 Å². The fourth-order valence-corrected chi connectivity index (χ4v) is 4.87. The van der Waals surface area contributed by atoms with E-state index in [4.69, 9.17) is 21.1 Å². The molecule has 3 aromatic rings. The second kappa shape index (κ2) is 9.71. The number of aromatic nitrogens is 1. The van der Waals surface area contributed by atoms with Gasteiger partial charge in [0.2, 0.25) is 0 Å². The number of carbonyl (C=O) groups excluding carboxylic acids is 2. The lowest BCUT2D eigenvalue weighted by molar-refractivity contribution is -0.153. The Kier molecular flexibility index (Phi) is 6.77. The summed E-state index contributed by atoms with van der Waals surface area (Å²) >= 11 is 7.31. The molecule has 1 aliphatic rings. The van der Waals surface area contributed by atoms with E-state index < -0.39 is 11.3 Å². The van der Waals surface area contributed by atoms with Crippen LogP contribution in [0.1, 0.15) is 31.2 Å². The first kappa shape index (κ1) is 22.3. The molecule has 1 aromatic heterocycles. The van der Waals surface area contributed by atoms with Gasteiger partial charge in [-0.1, -0.05) is 36.6 Å². The Bertz CT molecular complexity index is 1090. The van der Waals surface area contributed by atoms with Gasteiger partial charge in [0.15, 0.2) is 11.7 Å². The molecule has 1 heterocycles. The van der Waals surface area contributed by atoms with Crippen LogP contribution in [0.4, 0.5) is 5.13 Å². The third-order valence-corrected chi connectivity index (χ3v) is 6.73. The van der Waals surface area contributed by atoms with Crippen molar-refractivity contribution in [3.63, 3.8) is 0 Å². The number of benzene rings is 2. The van der Waals surface area contributed by atoms with Crippen molar-refractivity contribution in [2.24, 2.45) is 0 Å². The van der Waals surface area contributed by atoms with Crippen LogP contribution in [0.25, 0.3) is 11.3 Å². The number of anilines is 1. The van der Waals surface area contributed by atoms with E-state index in [9.17, 15) is 9.59 Å². The molecule has 0 atom stereocenters. The van der Waals surface area contributed by atoms with E-state index in [1.165, 1.54) is 11.3 Å². The maximum atomic E-state index is 13.0. The van der Waals surface area contributed by atoms with Gasteiger partial charge in [0.25, 0.3) is 5.91 Å². The summed E-state index contributed by atoms with van der Waals surface area (Å²) in [5.74, 6) is -0.0262. The average Bonchev–Trinajstić information content (AvgIpc) is 3.49. The first-order valence-electron chi connectivity index (χ1n) is 10.3. The molecular weight excluding hydrogens is 448 g/mol. The van der Waals surface area contributed by atoms with Crippen molar-refractivity contribution in [2.45, 2.75) is 31.1 Å². The molecule has 2 aromatic carbocycles. The normalized spacial score (nSPS) is 14.7. The van der Waals surface area contributed by atoms with Gasteiger partial charge in [-0.3, -0.25) is 14.9 Å². The van der Waals surface area contributed by atoms with Crippen molar-refractivity contribution < 1.29 is 19.1 Å². The minimum Gasteiger partial charge on any atom is -0.497 e. The van der Waals surface area contributed by atoms with E-state index in [2.05, 4.69) is 10.3 Å². The molecule has 0 bridgehead atoms. The largest absolute Gasteiger partial charge is 0.497 e. The summed E-state index contributed by atoms with van der Waals surface area (Å²) in [6.45, 7) is -0.356. The van der Waals surface area contributed by atoms with E-state index in [0.717, 1.165) is 35.4 Å². The SMILES string of the molecule is COc1ccc(-c2csc(NC(=O)COC(=O)C3(c4ccc(Cl)cc4)CCCC3)n2)cc1. The molecule has 8 heteroatoms. The smallest absolute Gasteiger partial charge is 0.317 e. The summed E-state index contributed by atoms with van der Waals surface area (Å²) < 4.78 is 10.6. The number of nitrogens with one attached hydrogen (secondary N) is 1. The Morgan fingerprint density at radius 2 is 1.78 bits per heavy atom. The van der Waals surface area contributed by atoms with Crippen LogP contribution in [0, 0.1) is 0 Å². The molecule has 0 saturated heterocycles. The Labute approximate surface area is 195 Å². The fraction of sp³-hybridized carbons (Fsp3) is 0.292. The van der Waals surface area contributed by atoms with Crippen molar-refractivity contribution in [3.05, 3.63) is 64.5 Å². The summed E-state index contributed by atoms with van der Waals surface area (Å²) in [5.41, 5.74) is 1.83. The van der Waals surface area contributed by atoms with Crippen molar-refractivity contribution in [3.8, 4) is 17.0 Å². The lowest BCUT2D eigenvalue weighted by Gasteiger charge is -2.27. The summed E-state index contributed by atoms with van der Waals surface area (Å²) in [6.07, 6.45) is 3.29. The van der Waals surface area contributed by atoms with Crippen molar-refractivity contribution in [1.29, 1.82) is 0 Å². The molecule has 0 unspecified atom stereocenters. The Morgan fingerprint density at radius 1 is 1.09 bits per heavy atom. The minimum absolute atomic E-state index is 0.356. The lowest BCUT2D eigenvalue weighted by atomic mass is 9.79. The van der Waals surface area contributed by atoms with Gasteiger partial charge in [-0.2, -0.15) is 0 Å². The third-order valence-electron chi connectivity index (χ3n) is 5.72. The average molecular weight is 471 g/mol. The number of amides is 1. The highest BCUT2D eigenvalue weighted by atomic mass is 35.5. The highest BCUT2D eigenvalue weighted by Gasteiger charge is 2.44. The number of halogens is 1. The maximum Gasteiger partial charge on any atom is 0.317 e. The molecule has 0 spiro atoms. The van der Waals surface area contributed by atoms with Crippen molar-refractivity contribution in [1.82, 2.24) is 4.98 Å². The number of carbonyl (C=O) groups is 2. The molecule has 4 rings (SSSR count). The molecule has 6 nitrogen and oxygen atoms in total. The zero-order valence-corrected chi connectivity index (χ0v) is 19.2. The van der Waals surface area contributed by atoms with Gasteiger partial charge in [0.05, 0.1) is 18.2 Å². The van der Waals surface area contributed by atoms with Gasteiger partial charge in [0.1, 0.15) is 5.75 Å². The van der Waals surface area contributed by atoms with Gasteiger partial charge < -0.3 is 9.47 Å². The molecule has 166 valence electrons. The van der Waals surface area contributed by atoms with Crippen LogP contribution in [0.3, 0.4) is 0 Å². The quantitative estimate of drug-likeness (QED) is 0.463. The van der Waals surface area contributed by atoms with Gasteiger partial charge in [0, 0.05) is 16.0 Å². The molecule has 0 aliphatic heterocycles. The molecule has 1 aliphatic carbocycles. The van der Waals surface area contributed by atoms with Crippen LogP contribution in [0.2, 0.25) is 5.02 Å². The molecule has 0 radical (unpaired) electrons. The van der Waals surface area contributed by atoms with E-state index in [1.54, 1.807) is 19.2 Å². The lowest BCUT2D eigenvalue weighted by Crippen LogP contribution is -2.36. The van der Waals surface area contributed by atoms with E-state index in [0.29, 0.717) is 23.0 Å². The molecule has 1 amide bonds. The number of ether oxygens (including phenoxy) is 2. The first-order valence-corrected chi connectivity index (χ1v) is 11.6. The number of hydrogen-bond donors (Lipinski definition) is 1. The second-order valence-corrected chi connectivity index (χ2v) is 8.98. The van der Waals surface area contributed by atoms with E-state index in [1.807, 2.05) is 41.8 Å². The second-order valence-electron chi connectivity index (χ2n) is 7.69. The number of hydrogen-bond acceptors (Lipinski definition) is 6. The van der Waals surface area contributed by atoms with Crippen LogP contribution in [-0.2, 0) is 19.7 Å². The molecule has 32 heavy (non-hydrogen) atoms. The Morgan fingerprint density at radius 3 is 2.44 bits per heavy atom. The van der Waals surface area contributed by atoms with Crippen LogP contribution in [-0.4, -0.2) is 30.6 Å². The van der Waals surface area contributed by atoms with E-state index in [-0.39, 0.29) is 12.6 Å². The number of thiazole rings is 1.